The Morgan fingerprint density at radius 3 is 2.09 bits per heavy atom. The van der Waals surface area contributed by atoms with Gasteiger partial charge in [0, 0.05) is 35.6 Å². The Hall–Kier alpha value is -2.61. The van der Waals surface area contributed by atoms with Gasteiger partial charge in [-0.15, -0.1) is 0 Å². The van der Waals surface area contributed by atoms with Crippen molar-refractivity contribution in [2.24, 2.45) is 0 Å². The molecule has 2 heterocycles. The first-order chi connectivity index (χ1) is 10.7. The SMILES string of the molecule is CC1C=CC(c2c3ccccc3nc3ccccc23)=CN1C. The van der Waals surface area contributed by atoms with Crippen LogP contribution in [-0.4, -0.2) is 23.0 Å². The summed E-state index contributed by atoms with van der Waals surface area (Å²) in [6, 6.07) is 17.2. The van der Waals surface area contributed by atoms with E-state index >= 15 is 0 Å². The molecular formula is C20H18N2. The van der Waals surface area contributed by atoms with Gasteiger partial charge < -0.3 is 4.90 Å². The van der Waals surface area contributed by atoms with E-state index in [4.69, 9.17) is 4.98 Å². The number of likely N-dealkylation sites (N-methyl/N-ethyl adjacent to an activating group) is 1. The number of hydrogen-bond acceptors (Lipinski definition) is 2. The minimum absolute atomic E-state index is 0.433. The molecule has 0 saturated carbocycles. The molecule has 0 aliphatic carbocycles. The van der Waals surface area contributed by atoms with Crippen LogP contribution in [0.5, 0.6) is 0 Å². The first kappa shape index (κ1) is 13.1. The van der Waals surface area contributed by atoms with Crippen LogP contribution in [-0.2, 0) is 0 Å². The molecule has 22 heavy (non-hydrogen) atoms. The highest BCUT2D eigenvalue weighted by molar-refractivity contribution is 6.07. The molecule has 2 heteroatoms. The molecule has 1 unspecified atom stereocenters. The van der Waals surface area contributed by atoms with Crippen LogP contribution in [0.3, 0.4) is 0 Å². The summed E-state index contributed by atoms with van der Waals surface area (Å²) in [5.41, 5.74) is 4.62. The van der Waals surface area contributed by atoms with E-state index in [1.807, 2.05) is 12.1 Å². The maximum absolute atomic E-state index is 4.80. The third-order valence-electron chi connectivity index (χ3n) is 4.42. The third-order valence-corrected chi connectivity index (χ3v) is 4.42. The van der Waals surface area contributed by atoms with Gasteiger partial charge >= 0.3 is 0 Å². The van der Waals surface area contributed by atoms with Crippen LogP contribution < -0.4 is 0 Å². The number of para-hydroxylation sites is 2. The molecule has 4 rings (SSSR count). The van der Waals surface area contributed by atoms with Crippen molar-refractivity contribution in [1.29, 1.82) is 0 Å². The average Bonchev–Trinajstić information content (AvgIpc) is 2.55. The molecule has 3 aromatic rings. The Morgan fingerprint density at radius 1 is 0.909 bits per heavy atom. The van der Waals surface area contributed by atoms with Gasteiger partial charge in [-0.05, 0) is 24.6 Å². The predicted octanol–water partition coefficient (Wildman–Crippen LogP) is 4.62. The number of rotatable bonds is 1. The summed E-state index contributed by atoms with van der Waals surface area (Å²) in [4.78, 5) is 7.05. The summed E-state index contributed by atoms with van der Waals surface area (Å²) < 4.78 is 0. The summed E-state index contributed by atoms with van der Waals surface area (Å²) in [6.07, 6.45) is 6.72. The van der Waals surface area contributed by atoms with Crippen LogP contribution in [0.2, 0.25) is 0 Å². The molecule has 1 aliphatic heterocycles. The molecular weight excluding hydrogens is 268 g/mol. The van der Waals surface area contributed by atoms with Gasteiger partial charge in [-0.3, -0.25) is 0 Å². The van der Waals surface area contributed by atoms with Gasteiger partial charge in [-0.25, -0.2) is 4.98 Å². The van der Waals surface area contributed by atoms with Gasteiger partial charge in [-0.2, -0.15) is 0 Å². The smallest absolute Gasteiger partial charge is 0.0715 e. The van der Waals surface area contributed by atoms with Crippen molar-refractivity contribution >= 4 is 27.4 Å². The van der Waals surface area contributed by atoms with Crippen molar-refractivity contribution in [3.8, 4) is 0 Å². The monoisotopic (exact) mass is 286 g/mol. The fourth-order valence-electron chi connectivity index (χ4n) is 3.06. The molecule has 0 N–H and O–H groups in total. The molecule has 0 fully saturated rings. The highest BCUT2D eigenvalue weighted by Crippen LogP contribution is 2.33. The van der Waals surface area contributed by atoms with Crippen molar-refractivity contribution in [1.82, 2.24) is 9.88 Å². The lowest BCUT2D eigenvalue weighted by atomic mass is 9.94. The molecule has 108 valence electrons. The van der Waals surface area contributed by atoms with E-state index in [-0.39, 0.29) is 0 Å². The summed E-state index contributed by atoms with van der Waals surface area (Å²) in [7, 11) is 2.12. The van der Waals surface area contributed by atoms with Gasteiger partial charge in [0.15, 0.2) is 0 Å². The zero-order valence-corrected chi connectivity index (χ0v) is 12.8. The quantitative estimate of drug-likeness (QED) is 0.607. The Balaban J connectivity index is 2.09. The van der Waals surface area contributed by atoms with Crippen molar-refractivity contribution in [2.45, 2.75) is 13.0 Å². The second kappa shape index (κ2) is 4.99. The standard InChI is InChI=1S/C20H18N2/c1-14-11-12-15(13-22(14)2)20-16-7-3-5-9-18(16)21-19-10-6-4-8-17(19)20/h3-14H,1-2H3. The topological polar surface area (TPSA) is 16.1 Å². The Labute approximate surface area is 130 Å². The molecule has 2 nitrogen and oxygen atoms in total. The molecule has 0 spiro atoms. The summed E-state index contributed by atoms with van der Waals surface area (Å²) in [5.74, 6) is 0. The highest BCUT2D eigenvalue weighted by atomic mass is 15.1. The molecule has 0 bridgehead atoms. The normalized spacial score (nSPS) is 18.0. The minimum atomic E-state index is 0.433. The fourth-order valence-corrected chi connectivity index (χ4v) is 3.06. The zero-order valence-electron chi connectivity index (χ0n) is 12.8. The second-order valence-electron chi connectivity index (χ2n) is 5.87. The average molecular weight is 286 g/mol. The molecule has 2 aromatic carbocycles. The summed E-state index contributed by atoms with van der Waals surface area (Å²) in [6.45, 7) is 2.20. The van der Waals surface area contributed by atoms with Crippen LogP contribution in [0.15, 0.2) is 66.9 Å². The maximum atomic E-state index is 4.80. The largest absolute Gasteiger partial charge is 0.374 e. The Bertz CT molecular complexity index is 867. The molecule has 0 radical (unpaired) electrons. The minimum Gasteiger partial charge on any atom is -0.374 e. The molecule has 1 atom stereocenters. The molecule has 0 saturated heterocycles. The summed E-state index contributed by atoms with van der Waals surface area (Å²) in [5, 5.41) is 2.42. The van der Waals surface area contributed by atoms with Gasteiger partial charge in [0.05, 0.1) is 11.0 Å². The van der Waals surface area contributed by atoms with Crippen molar-refractivity contribution in [2.75, 3.05) is 7.05 Å². The van der Waals surface area contributed by atoms with Crippen molar-refractivity contribution in [3.05, 3.63) is 72.4 Å². The first-order valence-electron chi connectivity index (χ1n) is 7.64. The van der Waals surface area contributed by atoms with Crippen LogP contribution in [0.4, 0.5) is 0 Å². The fraction of sp³-hybridized carbons (Fsp3) is 0.150. The maximum Gasteiger partial charge on any atom is 0.0715 e. The van der Waals surface area contributed by atoms with E-state index in [1.54, 1.807) is 0 Å². The lowest BCUT2D eigenvalue weighted by molar-refractivity contribution is 0.405. The van der Waals surface area contributed by atoms with E-state index in [9.17, 15) is 0 Å². The van der Waals surface area contributed by atoms with Crippen LogP contribution >= 0.6 is 0 Å². The number of nitrogens with zero attached hydrogens (tertiary/aromatic N) is 2. The zero-order chi connectivity index (χ0) is 15.1. The lowest BCUT2D eigenvalue weighted by Gasteiger charge is -2.26. The van der Waals surface area contributed by atoms with Gasteiger partial charge in [0.25, 0.3) is 0 Å². The number of fused-ring (bicyclic) bond motifs is 2. The molecule has 1 aromatic heterocycles. The number of hydrogen-bond donors (Lipinski definition) is 0. The van der Waals surface area contributed by atoms with Crippen molar-refractivity contribution in [3.63, 3.8) is 0 Å². The van der Waals surface area contributed by atoms with E-state index in [1.165, 1.54) is 21.9 Å². The summed E-state index contributed by atoms with van der Waals surface area (Å²) >= 11 is 0. The van der Waals surface area contributed by atoms with Crippen LogP contribution in [0, 0.1) is 0 Å². The van der Waals surface area contributed by atoms with Crippen LogP contribution in [0.1, 0.15) is 12.5 Å². The number of allylic oxidation sites excluding steroid dienone is 2. The van der Waals surface area contributed by atoms with Crippen LogP contribution in [0.25, 0.3) is 27.4 Å². The number of aromatic nitrogens is 1. The Kier molecular flexibility index (Phi) is 2.97. The van der Waals surface area contributed by atoms with Crippen molar-refractivity contribution < 1.29 is 0 Å². The third kappa shape index (κ3) is 2.00. The predicted molar refractivity (Wildman–Crippen MR) is 93.6 cm³/mol. The number of benzene rings is 2. The highest BCUT2D eigenvalue weighted by Gasteiger charge is 2.15. The van der Waals surface area contributed by atoms with E-state index in [0.29, 0.717) is 6.04 Å². The van der Waals surface area contributed by atoms with E-state index in [2.05, 4.69) is 73.6 Å². The van der Waals surface area contributed by atoms with Gasteiger partial charge in [0.1, 0.15) is 0 Å². The molecule has 1 aliphatic rings. The lowest BCUT2D eigenvalue weighted by Crippen LogP contribution is -2.24. The molecule has 0 amide bonds. The van der Waals surface area contributed by atoms with E-state index < -0.39 is 0 Å². The first-order valence-corrected chi connectivity index (χ1v) is 7.64. The Morgan fingerprint density at radius 2 is 1.50 bits per heavy atom. The second-order valence-corrected chi connectivity index (χ2v) is 5.87. The number of pyridine rings is 1. The van der Waals surface area contributed by atoms with E-state index in [0.717, 1.165) is 11.0 Å². The van der Waals surface area contributed by atoms with Gasteiger partial charge in [0.2, 0.25) is 0 Å². The van der Waals surface area contributed by atoms with Gasteiger partial charge in [-0.1, -0.05) is 48.6 Å².